The quantitative estimate of drug-likeness (QED) is 0.274. The number of methoxy groups -OCH3 is 3. The van der Waals surface area contributed by atoms with Gasteiger partial charge in [-0.15, -0.1) is 0 Å². The summed E-state index contributed by atoms with van der Waals surface area (Å²) in [6, 6.07) is 8.85. The molecule has 44 heavy (non-hydrogen) atoms. The molecule has 3 heterocycles. The Morgan fingerprint density at radius 2 is 1.86 bits per heavy atom. The molecule has 4 atom stereocenters. The highest BCUT2D eigenvalue weighted by atomic mass is 35.5. The lowest BCUT2D eigenvalue weighted by atomic mass is 9.83. The molecule has 2 aromatic heterocycles. The molecule has 1 fully saturated rings. The molecule has 0 bridgehead atoms. The van der Waals surface area contributed by atoms with E-state index in [1.807, 2.05) is 6.07 Å². The van der Waals surface area contributed by atoms with Crippen molar-refractivity contribution >= 4 is 39.3 Å². The van der Waals surface area contributed by atoms with Crippen LogP contribution in [0.15, 0.2) is 51.8 Å². The third-order valence-electron chi connectivity index (χ3n) is 9.10. The van der Waals surface area contributed by atoms with Gasteiger partial charge in [0.15, 0.2) is 11.5 Å². The third kappa shape index (κ3) is 4.52. The van der Waals surface area contributed by atoms with Gasteiger partial charge < -0.3 is 28.2 Å². The second kappa shape index (κ2) is 11.3. The van der Waals surface area contributed by atoms with Crippen molar-refractivity contribution in [3.8, 4) is 17.2 Å². The summed E-state index contributed by atoms with van der Waals surface area (Å²) in [7, 11) is 4.55. The molecule has 232 valence electrons. The molecule has 1 saturated carbocycles. The molecule has 1 aliphatic heterocycles. The predicted molar refractivity (Wildman–Crippen MR) is 163 cm³/mol. The fourth-order valence-electron chi connectivity index (χ4n) is 6.72. The Labute approximate surface area is 258 Å². The van der Waals surface area contributed by atoms with E-state index in [4.69, 9.17) is 39.8 Å². The summed E-state index contributed by atoms with van der Waals surface area (Å²) >= 11 is 6.71. The Morgan fingerprint density at radius 1 is 1.14 bits per heavy atom. The van der Waals surface area contributed by atoms with Crippen molar-refractivity contribution in [3.05, 3.63) is 69.2 Å². The first kappa shape index (κ1) is 29.7. The fourth-order valence-corrected chi connectivity index (χ4v) is 6.98. The Morgan fingerprint density at radius 3 is 2.50 bits per heavy atom. The van der Waals surface area contributed by atoms with E-state index in [-0.39, 0.29) is 35.6 Å². The number of nitrogens with zero attached hydrogens (tertiary/aromatic N) is 2. The fraction of sp³-hybridized carbons (Fsp3) is 0.406. The smallest absolute Gasteiger partial charge is 0.265 e. The van der Waals surface area contributed by atoms with Gasteiger partial charge in [-0.2, -0.15) is 0 Å². The second-order valence-electron chi connectivity index (χ2n) is 11.4. The molecular weight excluding hydrogens is 590 g/mol. The van der Waals surface area contributed by atoms with Crippen LogP contribution in [-0.2, 0) is 26.2 Å². The number of aromatic nitrogens is 2. The summed E-state index contributed by atoms with van der Waals surface area (Å²) in [5.74, 6) is 1.74. The Balaban J connectivity index is 1.34. The zero-order valence-electron chi connectivity index (χ0n) is 25.4. The van der Waals surface area contributed by atoms with E-state index in [1.165, 1.54) is 27.6 Å². The van der Waals surface area contributed by atoms with E-state index in [0.717, 1.165) is 6.42 Å². The third-order valence-corrected chi connectivity index (χ3v) is 9.42. The van der Waals surface area contributed by atoms with Crippen LogP contribution in [0.3, 0.4) is 0 Å². The van der Waals surface area contributed by atoms with Crippen LogP contribution in [0, 0.1) is 18.8 Å². The highest BCUT2D eigenvalue weighted by Crippen LogP contribution is 2.51. The number of rotatable bonds is 8. The van der Waals surface area contributed by atoms with Crippen molar-refractivity contribution in [2.45, 2.75) is 51.9 Å². The average molecular weight is 624 g/mol. The zero-order valence-corrected chi connectivity index (χ0v) is 26.1. The maximum atomic E-state index is 14.3. The molecule has 1 amide bonds. The Kier molecular flexibility index (Phi) is 7.61. The summed E-state index contributed by atoms with van der Waals surface area (Å²) in [4.78, 5) is 27.5. The van der Waals surface area contributed by atoms with Crippen LogP contribution in [-0.4, -0.2) is 43.3 Å². The van der Waals surface area contributed by atoms with Crippen LogP contribution in [0.4, 0.5) is 0 Å². The molecule has 2 aliphatic rings. The van der Waals surface area contributed by atoms with Gasteiger partial charge in [0.2, 0.25) is 17.5 Å². The minimum atomic E-state index is -0.934. The molecule has 1 aliphatic carbocycles. The molecule has 11 nitrogen and oxygen atoms in total. The van der Waals surface area contributed by atoms with Gasteiger partial charge in [-0.1, -0.05) is 36.7 Å². The van der Waals surface area contributed by atoms with E-state index in [1.54, 1.807) is 35.8 Å². The van der Waals surface area contributed by atoms with Crippen molar-refractivity contribution in [3.63, 3.8) is 0 Å². The monoisotopic (exact) mass is 623 g/mol. The molecule has 0 saturated heterocycles. The number of ether oxygens (including phenoxy) is 5. The number of aryl methyl sites for hydroxylation is 1. The first-order chi connectivity index (χ1) is 21.1. The van der Waals surface area contributed by atoms with E-state index in [9.17, 15) is 9.59 Å². The molecular formula is C32H34ClN3O8. The number of amides is 1. The predicted octanol–water partition coefficient (Wildman–Crippen LogP) is 5.42. The van der Waals surface area contributed by atoms with Gasteiger partial charge in [0, 0.05) is 5.39 Å². The van der Waals surface area contributed by atoms with Crippen LogP contribution >= 0.6 is 11.6 Å². The number of carbonyl (C=O) groups is 1. The van der Waals surface area contributed by atoms with Crippen LogP contribution < -0.4 is 25.1 Å². The number of hydrogen-bond acceptors (Lipinski definition) is 9. The first-order valence-electron chi connectivity index (χ1n) is 14.3. The van der Waals surface area contributed by atoms with Crippen molar-refractivity contribution in [1.82, 2.24) is 15.0 Å². The maximum Gasteiger partial charge on any atom is 0.265 e. The SMILES string of the molecule is COc1cc(CC(=O)NC2=COC(C3(n4c(=O)c5c(C)onc5c5c(Cl)cccc54)CCC(C)C3C)O2)cc(OC)c1OC. The van der Waals surface area contributed by atoms with Crippen LogP contribution in [0.2, 0.25) is 5.02 Å². The second-order valence-corrected chi connectivity index (χ2v) is 11.8. The van der Waals surface area contributed by atoms with Crippen molar-refractivity contribution in [2.24, 2.45) is 11.8 Å². The molecule has 1 N–H and O–H groups in total. The van der Waals surface area contributed by atoms with Crippen molar-refractivity contribution in [1.29, 1.82) is 0 Å². The van der Waals surface area contributed by atoms with Crippen molar-refractivity contribution < 1.29 is 33.0 Å². The lowest BCUT2D eigenvalue weighted by Crippen LogP contribution is -2.53. The van der Waals surface area contributed by atoms with Crippen molar-refractivity contribution in [2.75, 3.05) is 21.3 Å². The van der Waals surface area contributed by atoms with Gasteiger partial charge >= 0.3 is 0 Å². The van der Waals surface area contributed by atoms with Gasteiger partial charge in [-0.25, -0.2) is 0 Å². The number of fused-ring (bicyclic) bond motifs is 3. The minimum Gasteiger partial charge on any atom is -0.493 e. The largest absolute Gasteiger partial charge is 0.493 e. The zero-order chi connectivity index (χ0) is 31.3. The highest BCUT2D eigenvalue weighted by Gasteiger charge is 2.56. The van der Waals surface area contributed by atoms with Gasteiger partial charge in [0.05, 0.1) is 38.3 Å². The van der Waals surface area contributed by atoms with E-state index in [2.05, 4.69) is 24.3 Å². The van der Waals surface area contributed by atoms with Gasteiger partial charge in [-0.3, -0.25) is 19.5 Å². The van der Waals surface area contributed by atoms with Crippen LogP contribution in [0.1, 0.15) is 38.0 Å². The molecule has 2 aromatic carbocycles. The molecule has 12 heteroatoms. The maximum absolute atomic E-state index is 14.3. The highest BCUT2D eigenvalue weighted by molar-refractivity contribution is 6.37. The Hall–Kier alpha value is -4.38. The van der Waals surface area contributed by atoms with Gasteiger partial charge in [-0.05, 0) is 61.4 Å². The number of benzene rings is 2. The molecule has 0 radical (unpaired) electrons. The molecule has 0 spiro atoms. The number of pyridine rings is 1. The first-order valence-corrected chi connectivity index (χ1v) is 14.7. The topological polar surface area (TPSA) is 123 Å². The number of nitrogens with one attached hydrogen (secondary N) is 1. The molecule has 4 unspecified atom stereocenters. The lowest BCUT2D eigenvalue weighted by Gasteiger charge is -2.40. The van der Waals surface area contributed by atoms with Gasteiger partial charge in [0.1, 0.15) is 28.5 Å². The van der Waals surface area contributed by atoms with Gasteiger partial charge in [0.25, 0.3) is 11.8 Å². The standard InChI is InChI=1S/C32H34ClN3O8/c1-16-10-11-32(17(16)2,36-21-9-7-8-20(33)27(21)28-26(30(36)38)18(3)44-35-28)31-42-15-25(43-31)34-24(37)14-19-12-22(39-4)29(41-6)23(13-19)40-5/h7-9,12-13,15-17,31H,10-11,14H2,1-6H3,(H,34,37). The summed E-state index contributed by atoms with van der Waals surface area (Å²) in [6.07, 6.45) is 1.92. The minimum absolute atomic E-state index is 0.00664. The Bertz CT molecular complexity index is 1840. The summed E-state index contributed by atoms with van der Waals surface area (Å²) in [5.41, 5.74) is 0.481. The summed E-state index contributed by atoms with van der Waals surface area (Å²) in [6.45, 7) is 5.96. The summed E-state index contributed by atoms with van der Waals surface area (Å²) in [5, 5.41) is 8.43. The molecule has 6 rings (SSSR count). The average Bonchev–Trinajstić information content (AvgIpc) is 3.71. The normalized spacial score (nSPS) is 22.9. The number of hydrogen-bond donors (Lipinski definition) is 1. The number of carbonyl (C=O) groups excluding carboxylic acids is 1. The van der Waals surface area contributed by atoms with E-state index in [0.29, 0.717) is 61.8 Å². The lowest BCUT2D eigenvalue weighted by molar-refractivity contribution is -0.137. The van der Waals surface area contributed by atoms with E-state index < -0.39 is 11.8 Å². The van der Waals surface area contributed by atoms with Crippen LogP contribution in [0.5, 0.6) is 17.2 Å². The van der Waals surface area contributed by atoms with E-state index >= 15 is 0 Å². The number of halogens is 1. The molecule has 4 aromatic rings. The summed E-state index contributed by atoms with van der Waals surface area (Å²) < 4.78 is 35.9. The van der Waals surface area contributed by atoms with Crippen LogP contribution in [0.25, 0.3) is 21.8 Å².